The van der Waals surface area contributed by atoms with E-state index in [2.05, 4.69) is 17.4 Å². The summed E-state index contributed by atoms with van der Waals surface area (Å²) in [5, 5.41) is 7.40. The third-order valence-electron chi connectivity index (χ3n) is 3.03. The van der Waals surface area contributed by atoms with Crippen LogP contribution in [-0.2, 0) is 0 Å². The first-order chi connectivity index (χ1) is 9.65. The van der Waals surface area contributed by atoms with Gasteiger partial charge in [-0.1, -0.05) is 48.3 Å². The summed E-state index contributed by atoms with van der Waals surface area (Å²) in [5.41, 5.74) is 1.64. The van der Waals surface area contributed by atoms with Gasteiger partial charge < -0.3 is 9.84 Å². The Hall–Kier alpha value is -1.81. The molecule has 0 atom stereocenters. The predicted molar refractivity (Wildman–Crippen MR) is 78.9 cm³/mol. The van der Waals surface area contributed by atoms with Crippen molar-refractivity contribution in [2.24, 2.45) is 0 Å². The SMILES string of the molecule is CCCCNC(=O)c1c(-c2ccccc2Cl)noc1C. The maximum Gasteiger partial charge on any atom is 0.257 e. The summed E-state index contributed by atoms with van der Waals surface area (Å²) >= 11 is 6.16. The molecule has 0 aliphatic heterocycles. The Morgan fingerprint density at radius 2 is 2.15 bits per heavy atom. The van der Waals surface area contributed by atoms with Crippen LogP contribution in [0.3, 0.4) is 0 Å². The van der Waals surface area contributed by atoms with Gasteiger partial charge in [0.25, 0.3) is 5.91 Å². The molecule has 0 aliphatic rings. The quantitative estimate of drug-likeness (QED) is 0.852. The number of carbonyl (C=O) groups is 1. The summed E-state index contributed by atoms with van der Waals surface area (Å²) in [7, 11) is 0. The number of hydrogen-bond donors (Lipinski definition) is 1. The largest absolute Gasteiger partial charge is 0.360 e. The number of unbranched alkanes of at least 4 members (excludes halogenated alkanes) is 1. The Morgan fingerprint density at radius 3 is 2.85 bits per heavy atom. The lowest BCUT2D eigenvalue weighted by molar-refractivity contribution is 0.0952. The molecule has 0 radical (unpaired) electrons. The third-order valence-corrected chi connectivity index (χ3v) is 3.36. The number of hydrogen-bond acceptors (Lipinski definition) is 3. The van der Waals surface area contributed by atoms with Crippen LogP contribution in [0.4, 0.5) is 0 Å². The van der Waals surface area contributed by atoms with E-state index < -0.39 is 0 Å². The Kier molecular flexibility index (Phi) is 4.79. The number of nitrogens with one attached hydrogen (secondary N) is 1. The van der Waals surface area contributed by atoms with Crippen molar-refractivity contribution in [1.29, 1.82) is 0 Å². The van der Waals surface area contributed by atoms with Gasteiger partial charge >= 0.3 is 0 Å². The van der Waals surface area contributed by atoms with Crippen LogP contribution in [0.15, 0.2) is 28.8 Å². The van der Waals surface area contributed by atoms with Crippen molar-refractivity contribution in [2.75, 3.05) is 6.54 Å². The van der Waals surface area contributed by atoms with E-state index in [1.54, 1.807) is 13.0 Å². The van der Waals surface area contributed by atoms with Crippen molar-refractivity contribution < 1.29 is 9.32 Å². The Balaban J connectivity index is 2.33. The number of nitrogens with zero attached hydrogens (tertiary/aromatic N) is 1. The molecule has 4 nitrogen and oxygen atoms in total. The maximum absolute atomic E-state index is 12.3. The molecule has 2 rings (SSSR count). The molecular weight excluding hydrogens is 276 g/mol. The molecule has 1 amide bonds. The molecule has 0 spiro atoms. The highest BCUT2D eigenvalue weighted by Gasteiger charge is 2.22. The fraction of sp³-hybridized carbons (Fsp3) is 0.333. The molecule has 106 valence electrons. The van der Waals surface area contributed by atoms with Gasteiger partial charge in [-0.3, -0.25) is 4.79 Å². The molecule has 20 heavy (non-hydrogen) atoms. The number of benzene rings is 1. The summed E-state index contributed by atoms with van der Waals surface area (Å²) in [4.78, 5) is 12.3. The minimum absolute atomic E-state index is 0.174. The highest BCUT2D eigenvalue weighted by molar-refractivity contribution is 6.33. The summed E-state index contributed by atoms with van der Waals surface area (Å²) in [5.74, 6) is 0.320. The number of aryl methyl sites for hydroxylation is 1. The highest BCUT2D eigenvalue weighted by Crippen LogP contribution is 2.30. The molecule has 0 unspecified atom stereocenters. The second-order valence-electron chi connectivity index (χ2n) is 4.55. The van der Waals surface area contributed by atoms with E-state index in [0.717, 1.165) is 12.8 Å². The normalized spacial score (nSPS) is 10.6. The molecule has 0 saturated heterocycles. The van der Waals surface area contributed by atoms with E-state index >= 15 is 0 Å². The molecular formula is C15H17ClN2O2. The van der Waals surface area contributed by atoms with Crippen LogP contribution in [0.2, 0.25) is 5.02 Å². The van der Waals surface area contributed by atoms with E-state index in [1.165, 1.54) is 0 Å². The average molecular weight is 293 g/mol. The second-order valence-corrected chi connectivity index (χ2v) is 4.96. The van der Waals surface area contributed by atoms with Gasteiger partial charge in [0, 0.05) is 12.1 Å². The molecule has 2 aromatic rings. The zero-order chi connectivity index (χ0) is 14.5. The summed E-state index contributed by atoms with van der Waals surface area (Å²) < 4.78 is 5.16. The van der Waals surface area contributed by atoms with E-state index in [0.29, 0.717) is 34.1 Å². The van der Waals surface area contributed by atoms with Gasteiger partial charge in [-0.15, -0.1) is 0 Å². The fourth-order valence-electron chi connectivity index (χ4n) is 1.94. The summed E-state index contributed by atoms with van der Waals surface area (Å²) in [6, 6.07) is 7.27. The van der Waals surface area contributed by atoms with Gasteiger partial charge in [-0.2, -0.15) is 0 Å². The van der Waals surface area contributed by atoms with Gasteiger partial charge in [0.15, 0.2) is 0 Å². The number of rotatable bonds is 5. The first-order valence-corrected chi connectivity index (χ1v) is 7.02. The first-order valence-electron chi connectivity index (χ1n) is 6.64. The van der Waals surface area contributed by atoms with E-state index in [4.69, 9.17) is 16.1 Å². The number of carbonyl (C=O) groups excluding carboxylic acids is 1. The fourth-order valence-corrected chi connectivity index (χ4v) is 2.17. The average Bonchev–Trinajstić information content (AvgIpc) is 2.81. The van der Waals surface area contributed by atoms with E-state index in [-0.39, 0.29) is 5.91 Å². The number of halogens is 1. The summed E-state index contributed by atoms with van der Waals surface area (Å²) in [6.07, 6.45) is 1.97. The Labute approximate surface area is 123 Å². The van der Waals surface area contributed by atoms with Gasteiger partial charge in [0.1, 0.15) is 17.0 Å². The molecule has 0 bridgehead atoms. The Bertz CT molecular complexity index is 608. The lowest BCUT2D eigenvalue weighted by Crippen LogP contribution is -2.25. The zero-order valence-electron chi connectivity index (χ0n) is 11.6. The lowest BCUT2D eigenvalue weighted by Gasteiger charge is -2.05. The van der Waals surface area contributed by atoms with Crippen molar-refractivity contribution in [3.05, 3.63) is 40.6 Å². The van der Waals surface area contributed by atoms with Crippen molar-refractivity contribution in [1.82, 2.24) is 10.5 Å². The van der Waals surface area contributed by atoms with Gasteiger partial charge in [0.2, 0.25) is 0 Å². The minimum atomic E-state index is -0.174. The molecule has 1 heterocycles. The van der Waals surface area contributed by atoms with Crippen molar-refractivity contribution in [3.63, 3.8) is 0 Å². The zero-order valence-corrected chi connectivity index (χ0v) is 12.3. The molecule has 1 aromatic heterocycles. The minimum Gasteiger partial charge on any atom is -0.360 e. The van der Waals surface area contributed by atoms with Crippen LogP contribution >= 0.6 is 11.6 Å². The van der Waals surface area contributed by atoms with Crippen LogP contribution in [0.25, 0.3) is 11.3 Å². The van der Waals surface area contributed by atoms with Crippen molar-refractivity contribution >= 4 is 17.5 Å². The Morgan fingerprint density at radius 1 is 1.40 bits per heavy atom. The standard InChI is InChI=1S/C15H17ClN2O2/c1-3-4-9-17-15(19)13-10(2)20-18-14(13)11-7-5-6-8-12(11)16/h5-8H,3-4,9H2,1-2H3,(H,17,19). The van der Waals surface area contributed by atoms with E-state index in [1.807, 2.05) is 18.2 Å². The van der Waals surface area contributed by atoms with Gasteiger partial charge in [0.05, 0.1) is 5.02 Å². The van der Waals surface area contributed by atoms with E-state index in [9.17, 15) is 4.79 Å². The molecule has 5 heteroatoms. The van der Waals surface area contributed by atoms with Crippen molar-refractivity contribution in [3.8, 4) is 11.3 Å². The molecule has 0 aliphatic carbocycles. The van der Waals surface area contributed by atoms with Crippen molar-refractivity contribution in [2.45, 2.75) is 26.7 Å². The molecule has 0 fully saturated rings. The number of aromatic nitrogens is 1. The van der Waals surface area contributed by atoms with Gasteiger partial charge in [-0.05, 0) is 19.4 Å². The molecule has 1 N–H and O–H groups in total. The smallest absolute Gasteiger partial charge is 0.257 e. The summed E-state index contributed by atoms with van der Waals surface area (Å²) in [6.45, 7) is 4.44. The van der Waals surface area contributed by atoms with Crippen LogP contribution in [0, 0.1) is 6.92 Å². The topological polar surface area (TPSA) is 55.1 Å². The lowest BCUT2D eigenvalue weighted by atomic mass is 10.1. The molecule has 1 aromatic carbocycles. The highest BCUT2D eigenvalue weighted by atomic mass is 35.5. The molecule has 0 saturated carbocycles. The van der Waals surface area contributed by atoms with Crippen LogP contribution in [0.1, 0.15) is 35.9 Å². The monoisotopic (exact) mass is 292 g/mol. The second kappa shape index (κ2) is 6.57. The van der Waals surface area contributed by atoms with Crippen LogP contribution < -0.4 is 5.32 Å². The maximum atomic E-state index is 12.3. The third kappa shape index (κ3) is 3.02. The first kappa shape index (κ1) is 14.6. The van der Waals surface area contributed by atoms with Crippen LogP contribution in [-0.4, -0.2) is 17.6 Å². The van der Waals surface area contributed by atoms with Gasteiger partial charge in [-0.25, -0.2) is 0 Å². The van der Waals surface area contributed by atoms with Crippen LogP contribution in [0.5, 0.6) is 0 Å². The predicted octanol–water partition coefficient (Wildman–Crippen LogP) is 3.83. The number of amides is 1.